The molecule has 1 fully saturated rings. The Kier molecular flexibility index (Phi) is 6.54. The van der Waals surface area contributed by atoms with Crippen LogP contribution < -0.4 is 10.6 Å². The van der Waals surface area contributed by atoms with E-state index in [0.29, 0.717) is 23.4 Å². The molecule has 3 N–H and O–H groups in total. The molecule has 28 heavy (non-hydrogen) atoms. The SMILES string of the molecule is Cc1sc(NC(=O)[C@@H]2CC=CC[C@H]2C(=O)O)c(C(=O)NC2CCCCC2)c1C. The Labute approximate surface area is 169 Å². The van der Waals surface area contributed by atoms with Crippen LogP contribution in [0.5, 0.6) is 0 Å². The zero-order valence-electron chi connectivity index (χ0n) is 16.4. The van der Waals surface area contributed by atoms with Crippen LogP contribution in [-0.2, 0) is 9.59 Å². The maximum absolute atomic E-state index is 12.9. The lowest BCUT2D eigenvalue weighted by atomic mass is 9.82. The molecule has 0 aliphatic heterocycles. The van der Waals surface area contributed by atoms with E-state index < -0.39 is 17.8 Å². The molecule has 0 bridgehead atoms. The third-order valence-electron chi connectivity index (χ3n) is 5.88. The fourth-order valence-electron chi connectivity index (χ4n) is 4.07. The van der Waals surface area contributed by atoms with Crippen LogP contribution in [-0.4, -0.2) is 28.9 Å². The fraction of sp³-hybridized carbons (Fsp3) is 0.571. The first-order valence-electron chi connectivity index (χ1n) is 9.98. The number of aliphatic carboxylic acids is 1. The Hall–Kier alpha value is -2.15. The molecular weight excluding hydrogens is 376 g/mol. The second-order valence-electron chi connectivity index (χ2n) is 7.78. The largest absolute Gasteiger partial charge is 0.481 e. The smallest absolute Gasteiger partial charge is 0.307 e. The molecule has 2 aliphatic rings. The Morgan fingerprint density at radius 1 is 1.04 bits per heavy atom. The van der Waals surface area contributed by atoms with Crippen LogP contribution in [0.25, 0.3) is 0 Å². The summed E-state index contributed by atoms with van der Waals surface area (Å²) in [4.78, 5) is 38.2. The number of carboxylic acid groups (broad SMARTS) is 1. The molecule has 0 unspecified atom stereocenters. The molecular formula is C21H28N2O4S. The summed E-state index contributed by atoms with van der Waals surface area (Å²) in [5, 5.41) is 15.9. The van der Waals surface area contributed by atoms with Crippen molar-refractivity contribution in [3.8, 4) is 0 Å². The minimum Gasteiger partial charge on any atom is -0.481 e. The van der Waals surface area contributed by atoms with Gasteiger partial charge in [0.15, 0.2) is 0 Å². The van der Waals surface area contributed by atoms with Crippen LogP contribution in [0.3, 0.4) is 0 Å². The third-order valence-corrected chi connectivity index (χ3v) is 7.00. The van der Waals surface area contributed by atoms with Crippen LogP contribution in [0, 0.1) is 25.7 Å². The lowest BCUT2D eigenvalue weighted by molar-refractivity contribution is -0.146. The maximum Gasteiger partial charge on any atom is 0.307 e. The molecule has 1 aromatic heterocycles. The van der Waals surface area contributed by atoms with Gasteiger partial charge in [0.1, 0.15) is 5.00 Å². The van der Waals surface area contributed by atoms with Crippen LogP contribution in [0.2, 0.25) is 0 Å². The van der Waals surface area contributed by atoms with Crippen molar-refractivity contribution >= 4 is 34.1 Å². The van der Waals surface area contributed by atoms with E-state index in [9.17, 15) is 19.5 Å². The number of aryl methyl sites for hydroxylation is 1. The number of amides is 2. The normalized spacial score (nSPS) is 22.6. The van der Waals surface area contributed by atoms with Crippen molar-refractivity contribution in [3.63, 3.8) is 0 Å². The molecule has 3 rings (SSSR count). The Balaban J connectivity index is 1.77. The molecule has 1 saturated carbocycles. The van der Waals surface area contributed by atoms with E-state index in [1.807, 2.05) is 26.0 Å². The van der Waals surface area contributed by atoms with E-state index in [1.54, 1.807) is 0 Å². The van der Waals surface area contributed by atoms with Gasteiger partial charge in [0, 0.05) is 10.9 Å². The molecule has 0 radical (unpaired) electrons. The summed E-state index contributed by atoms with van der Waals surface area (Å²) in [5.74, 6) is -2.79. The highest BCUT2D eigenvalue weighted by Crippen LogP contribution is 2.35. The van der Waals surface area contributed by atoms with E-state index >= 15 is 0 Å². The average Bonchev–Trinajstić information content (AvgIpc) is 2.96. The van der Waals surface area contributed by atoms with Gasteiger partial charge in [-0.3, -0.25) is 14.4 Å². The van der Waals surface area contributed by atoms with E-state index in [2.05, 4.69) is 10.6 Å². The number of nitrogens with one attached hydrogen (secondary N) is 2. The lowest BCUT2D eigenvalue weighted by Crippen LogP contribution is -2.37. The number of anilines is 1. The van der Waals surface area contributed by atoms with Gasteiger partial charge in [-0.15, -0.1) is 11.3 Å². The molecule has 0 saturated heterocycles. The van der Waals surface area contributed by atoms with Crippen molar-refractivity contribution in [2.45, 2.75) is 64.8 Å². The highest BCUT2D eigenvalue weighted by atomic mass is 32.1. The zero-order chi connectivity index (χ0) is 20.3. The summed E-state index contributed by atoms with van der Waals surface area (Å²) in [6, 6.07) is 0.185. The summed E-state index contributed by atoms with van der Waals surface area (Å²) in [7, 11) is 0. The summed E-state index contributed by atoms with van der Waals surface area (Å²) in [6.07, 6.45) is 9.86. The van der Waals surface area contributed by atoms with Gasteiger partial charge in [-0.2, -0.15) is 0 Å². The molecule has 2 amide bonds. The van der Waals surface area contributed by atoms with E-state index in [-0.39, 0.29) is 17.9 Å². The molecule has 1 heterocycles. The number of allylic oxidation sites excluding steroid dienone is 2. The van der Waals surface area contributed by atoms with Gasteiger partial charge < -0.3 is 15.7 Å². The molecule has 7 heteroatoms. The van der Waals surface area contributed by atoms with Crippen molar-refractivity contribution in [1.29, 1.82) is 0 Å². The maximum atomic E-state index is 12.9. The Morgan fingerprint density at radius 3 is 2.32 bits per heavy atom. The van der Waals surface area contributed by atoms with Crippen LogP contribution in [0.1, 0.15) is 65.7 Å². The summed E-state index contributed by atoms with van der Waals surface area (Å²) >= 11 is 1.38. The first-order valence-corrected chi connectivity index (χ1v) is 10.8. The number of thiophene rings is 1. The topological polar surface area (TPSA) is 95.5 Å². The number of carbonyl (C=O) groups excluding carboxylic acids is 2. The molecule has 0 aromatic carbocycles. The molecule has 1 aromatic rings. The number of carboxylic acids is 1. The molecule has 6 nitrogen and oxygen atoms in total. The zero-order valence-corrected chi connectivity index (χ0v) is 17.2. The van der Waals surface area contributed by atoms with Gasteiger partial charge >= 0.3 is 5.97 Å². The average molecular weight is 405 g/mol. The highest BCUT2D eigenvalue weighted by molar-refractivity contribution is 7.16. The van der Waals surface area contributed by atoms with E-state index in [0.717, 1.165) is 36.1 Å². The quantitative estimate of drug-likeness (QED) is 0.646. The number of hydrogen-bond acceptors (Lipinski definition) is 4. The van der Waals surface area contributed by atoms with Gasteiger partial charge in [-0.25, -0.2) is 0 Å². The number of hydrogen-bond donors (Lipinski definition) is 3. The summed E-state index contributed by atoms with van der Waals surface area (Å²) in [5.41, 5.74) is 1.38. The van der Waals surface area contributed by atoms with Crippen LogP contribution >= 0.6 is 11.3 Å². The predicted octanol–water partition coefficient (Wildman–Crippen LogP) is 4.03. The van der Waals surface area contributed by atoms with Crippen LogP contribution in [0.4, 0.5) is 5.00 Å². The molecule has 0 spiro atoms. The van der Waals surface area contributed by atoms with Gasteiger partial charge in [0.25, 0.3) is 5.91 Å². The van der Waals surface area contributed by atoms with Crippen molar-refractivity contribution in [2.75, 3.05) is 5.32 Å². The number of rotatable bonds is 5. The van der Waals surface area contributed by atoms with Crippen molar-refractivity contribution < 1.29 is 19.5 Å². The van der Waals surface area contributed by atoms with Gasteiger partial charge in [0.2, 0.25) is 5.91 Å². The predicted molar refractivity (Wildman–Crippen MR) is 110 cm³/mol. The van der Waals surface area contributed by atoms with Crippen LogP contribution in [0.15, 0.2) is 12.2 Å². The molecule has 2 atom stereocenters. The second kappa shape index (κ2) is 8.90. The minimum absolute atomic E-state index is 0.151. The standard InChI is InChI=1S/C21H28N2O4S/c1-12-13(2)28-20(17(12)19(25)22-14-8-4-3-5-9-14)23-18(24)15-10-6-7-11-16(15)21(26)27/h6-7,14-16H,3-5,8-11H2,1-2H3,(H,22,25)(H,23,24)(H,26,27)/t15-,16-/m1/s1. The minimum atomic E-state index is -0.960. The molecule has 2 aliphatic carbocycles. The third kappa shape index (κ3) is 4.46. The lowest BCUT2D eigenvalue weighted by Gasteiger charge is -2.25. The summed E-state index contributed by atoms with van der Waals surface area (Å²) < 4.78 is 0. The first-order chi connectivity index (χ1) is 13.4. The first kappa shape index (κ1) is 20.6. The van der Waals surface area contributed by atoms with E-state index in [1.165, 1.54) is 17.8 Å². The highest BCUT2D eigenvalue weighted by Gasteiger charge is 2.35. The van der Waals surface area contributed by atoms with Crippen molar-refractivity contribution in [2.24, 2.45) is 11.8 Å². The van der Waals surface area contributed by atoms with Gasteiger partial charge in [0.05, 0.1) is 17.4 Å². The van der Waals surface area contributed by atoms with Crippen molar-refractivity contribution in [3.05, 3.63) is 28.2 Å². The van der Waals surface area contributed by atoms with E-state index in [4.69, 9.17) is 0 Å². The fourth-order valence-corrected chi connectivity index (χ4v) is 5.14. The summed E-state index contributed by atoms with van der Waals surface area (Å²) in [6.45, 7) is 3.82. The molecule has 152 valence electrons. The van der Waals surface area contributed by atoms with Gasteiger partial charge in [-0.1, -0.05) is 31.4 Å². The Morgan fingerprint density at radius 2 is 1.68 bits per heavy atom. The monoisotopic (exact) mass is 404 g/mol. The second-order valence-corrected chi connectivity index (χ2v) is 9.00. The van der Waals surface area contributed by atoms with Gasteiger partial charge in [-0.05, 0) is 45.1 Å². The Bertz CT molecular complexity index is 793. The number of carbonyl (C=O) groups is 3. The van der Waals surface area contributed by atoms with Crippen molar-refractivity contribution in [1.82, 2.24) is 5.32 Å².